The number of hydrogen-bond acceptors (Lipinski definition) is 2. The molecule has 1 atom stereocenters. The van der Waals surface area contributed by atoms with Gasteiger partial charge in [0.25, 0.3) is 0 Å². The van der Waals surface area contributed by atoms with Crippen LogP contribution >= 0.6 is 0 Å². The van der Waals surface area contributed by atoms with Crippen LogP contribution in [0.1, 0.15) is 78.1 Å². The molecule has 2 aliphatic carbocycles. The summed E-state index contributed by atoms with van der Waals surface area (Å²) < 4.78 is 0. The summed E-state index contributed by atoms with van der Waals surface area (Å²) in [5.74, 6) is 0.236. The van der Waals surface area contributed by atoms with Gasteiger partial charge in [-0.1, -0.05) is 39.5 Å². The standard InChI is InChI=1S/C17H32N2O/c1-16(2)8-6-7-14(11-16)19-15(20)12-17(13-18)9-4-3-5-10-17/h14H,3-13,18H2,1-2H3,(H,19,20). The van der Waals surface area contributed by atoms with E-state index in [1.807, 2.05) is 0 Å². The largest absolute Gasteiger partial charge is 0.353 e. The van der Waals surface area contributed by atoms with Crippen molar-refractivity contribution in [3.05, 3.63) is 0 Å². The molecule has 2 rings (SSSR count). The van der Waals surface area contributed by atoms with Crippen molar-refractivity contribution in [2.75, 3.05) is 6.54 Å². The number of nitrogens with two attached hydrogens (primary N) is 1. The topological polar surface area (TPSA) is 55.1 Å². The molecule has 2 aliphatic rings. The van der Waals surface area contributed by atoms with Crippen LogP contribution in [0.4, 0.5) is 0 Å². The number of carbonyl (C=O) groups excluding carboxylic acids is 1. The summed E-state index contributed by atoms with van der Waals surface area (Å²) in [6, 6.07) is 0.379. The maximum atomic E-state index is 12.4. The highest BCUT2D eigenvalue weighted by Crippen LogP contribution is 2.39. The number of carbonyl (C=O) groups is 1. The van der Waals surface area contributed by atoms with E-state index >= 15 is 0 Å². The van der Waals surface area contributed by atoms with E-state index in [1.165, 1.54) is 32.1 Å². The molecule has 0 aliphatic heterocycles. The minimum absolute atomic E-state index is 0.0898. The van der Waals surface area contributed by atoms with Crippen LogP contribution in [0, 0.1) is 10.8 Å². The smallest absolute Gasteiger partial charge is 0.220 e. The lowest BCUT2D eigenvalue weighted by atomic mass is 9.71. The van der Waals surface area contributed by atoms with Gasteiger partial charge in [0.1, 0.15) is 0 Å². The summed E-state index contributed by atoms with van der Waals surface area (Å²) in [7, 11) is 0. The van der Waals surface area contributed by atoms with Gasteiger partial charge >= 0.3 is 0 Å². The fourth-order valence-corrected chi connectivity index (χ4v) is 4.20. The lowest BCUT2D eigenvalue weighted by Crippen LogP contribution is -2.44. The summed E-state index contributed by atoms with van der Waals surface area (Å²) in [5.41, 5.74) is 6.45. The lowest BCUT2D eigenvalue weighted by molar-refractivity contribution is -0.125. The van der Waals surface area contributed by atoms with Gasteiger partial charge in [-0.15, -0.1) is 0 Å². The fraction of sp³-hybridized carbons (Fsp3) is 0.941. The number of hydrogen-bond donors (Lipinski definition) is 2. The van der Waals surface area contributed by atoms with Gasteiger partial charge < -0.3 is 11.1 Å². The Morgan fingerprint density at radius 1 is 1.15 bits per heavy atom. The second-order valence-electron chi connectivity index (χ2n) is 7.97. The van der Waals surface area contributed by atoms with E-state index in [2.05, 4.69) is 19.2 Å². The van der Waals surface area contributed by atoms with Crippen molar-refractivity contribution in [1.82, 2.24) is 5.32 Å². The van der Waals surface area contributed by atoms with Gasteiger partial charge in [0.15, 0.2) is 0 Å². The van der Waals surface area contributed by atoms with Crippen molar-refractivity contribution >= 4 is 5.91 Å². The zero-order chi connectivity index (χ0) is 14.6. The molecule has 3 nitrogen and oxygen atoms in total. The molecule has 3 N–H and O–H groups in total. The van der Waals surface area contributed by atoms with Crippen LogP contribution in [-0.4, -0.2) is 18.5 Å². The predicted molar refractivity (Wildman–Crippen MR) is 83.4 cm³/mol. The van der Waals surface area contributed by atoms with E-state index in [1.54, 1.807) is 0 Å². The highest BCUT2D eigenvalue weighted by molar-refractivity contribution is 5.77. The Bertz CT molecular complexity index is 332. The first-order valence-electron chi connectivity index (χ1n) is 8.44. The van der Waals surface area contributed by atoms with E-state index in [0.29, 0.717) is 24.4 Å². The van der Waals surface area contributed by atoms with Gasteiger partial charge in [0.05, 0.1) is 0 Å². The van der Waals surface area contributed by atoms with E-state index in [4.69, 9.17) is 5.73 Å². The predicted octanol–water partition coefficient (Wildman–Crippen LogP) is 3.37. The van der Waals surface area contributed by atoms with Crippen molar-refractivity contribution in [2.45, 2.75) is 84.1 Å². The molecule has 1 unspecified atom stereocenters. The Morgan fingerprint density at radius 3 is 2.45 bits per heavy atom. The third-order valence-electron chi connectivity index (χ3n) is 5.45. The Hall–Kier alpha value is -0.570. The van der Waals surface area contributed by atoms with Crippen LogP contribution in [-0.2, 0) is 4.79 Å². The second-order valence-corrected chi connectivity index (χ2v) is 7.97. The van der Waals surface area contributed by atoms with Crippen molar-refractivity contribution in [3.8, 4) is 0 Å². The van der Waals surface area contributed by atoms with Crippen LogP contribution in [0.5, 0.6) is 0 Å². The summed E-state index contributed by atoms with van der Waals surface area (Å²) in [5, 5.41) is 3.29. The summed E-state index contributed by atoms with van der Waals surface area (Å²) >= 11 is 0. The minimum atomic E-state index is 0.0898. The van der Waals surface area contributed by atoms with Crippen molar-refractivity contribution < 1.29 is 4.79 Å². The Balaban J connectivity index is 1.85. The normalized spacial score (nSPS) is 28.9. The Morgan fingerprint density at radius 2 is 1.85 bits per heavy atom. The molecule has 0 aromatic carbocycles. The lowest BCUT2D eigenvalue weighted by Gasteiger charge is -2.38. The molecule has 20 heavy (non-hydrogen) atoms. The monoisotopic (exact) mass is 280 g/mol. The zero-order valence-corrected chi connectivity index (χ0v) is 13.3. The third-order valence-corrected chi connectivity index (χ3v) is 5.45. The van der Waals surface area contributed by atoms with Gasteiger partial charge in [-0.25, -0.2) is 0 Å². The molecule has 2 saturated carbocycles. The van der Waals surface area contributed by atoms with Crippen LogP contribution in [0.15, 0.2) is 0 Å². The SMILES string of the molecule is CC1(C)CCCC(NC(=O)CC2(CN)CCCCC2)C1. The van der Waals surface area contributed by atoms with E-state index in [9.17, 15) is 4.79 Å². The maximum Gasteiger partial charge on any atom is 0.220 e. The average molecular weight is 280 g/mol. The fourth-order valence-electron chi connectivity index (χ4n) is 4.20. The van der Waals surface area contributed by atoms with Crippen LogP contribution in [0.3, 0.4) is 0 Å². The first-order valence-corrected chi connectivity index (χ1v) is 8.44. The van der Waals surface area contributed by atoms with E-state index in [-0.39, 0.29) is 11.3 Å². The zero-order valence-electron chi connectivity index (χ0n) is 13.3. The molecule has 1 amide bonds. The Labute approximate surface area is 124 Å². The van der Waals surface area contributed by atoms with E-state index < -0.39 is 0 Å². The molecule has 0 aromatic rings. The van der Waals surface area contributed by atoms with Crippen LogP contribution in [0.25, 0.3) is 0 Å². The molecule has 0 spiro atoms. The molecular weight excluding hydrogens is 248 g/mol. The third kappa shape index (κ3) is 4.21. The van der Waals surface area contributed by atoms with Crippen molar-refractivity contribution in [1.29, 1.82) is 0 Å². The number of nitrogens with one attached hydrogen (secondary N) is 1. The first kappa shape index (κ1) is 15.8. The maximum absolute atomic E-state index is 12.4. The summed E-state index contributed by atoms with van der Waals surface area (Å²) in [6.45, 7) is 5.29. The van der Waals surface area contributed by atoms with Gasteiger partial charge in [-0.2, -0.15) is 0 Å². The first-order chi connectivity index (χ1) is 9.45. The van der Waals surface area contributed by atoms with Gasteiger partial charge in [0, 0.05) is 12.5 Å². The molecule has 3 heteroatoms. The highest BCUT2D eigenvalue weighted by atomic mass is 16.1. The average Bonchev–Trinajstić information content (AvgIpc) is 2.38. The molecule has 0 bridgehead atoms. The number of rotatable bonds is 4. The molecule has 0 radical (unpaired) electrons. The van der Waals surface area contributed by atoms with Crippen LogP contribution in [0.2, 0.25) is 0 Å². The van der Waals surface area contributed by atoms with Crippen LogP contribution < -0.4 is 11.1 Å². The Kier molecular flexibility index (Phi) is 5.11. The highest BCUT2D eigenvalue weighted by Gasteiger charge is 2.34. The molecule has 2 fully saturated rings. The molecule has 0 heterocycles. The minimum Gasteiger partial charge on any atom is -0.353 e. The summed E-state index contributed by atoms with van der Waals surface area (Å²) in [6.07, 6.45) is 11.5. The molecule has 0 saturated heterocycles. The van der Waals surface area contributed by atoms with Gasteiger partial charge in [0.2, 0.25) is 5.91 Å². The molecule has 116 valence electrons. The van der Waals surface area contributed by atoms with Gasteiger partial charge in [-0.3, -0.25) is 4.79 Å². The summed E-state index contributed by atoms with van der Waals surface area (Å²) in [4.78, 5) is 12.4. The molecular formula is C17H32N2O. The quantitative estimate of drug-likeness (QED) is 0.829. The second kappa shape index (κ2) is 6.46. The number of amides is 1. The van der Waals surface area contributed by atoms with Crippen molar-refractivity contribution in [3.63, 3.8) is 0 Å². The van der Waals surface area contributed by atoms with E-state index in [0.717, 1.165) is 25.7 Å². The van der Waals surface area contributed by atoms with Crippen molar-refractivity contribution in [2.24, 2.45) is 16.6 Å². The molecule has 0 aromatic heterocycles. The van der Waals surface area contributed by atoms with Gasteiger partial charge in [-0.05, 0) is 49.5 Å².